The van der Waals surface area contributed by atoms with Crippen molar-refractivity contribution in [2.75, 3.05) is 0 Å². The van der Waals surface area contributed by atoms with Crippen molar-refractivity contribution in [2.24, 2.45) is 0 Å². The van der Waals surface area contributed by atoms with Gasteiger partial charge < -0.3 is 5.11 Å². The molecule has 0 fully saturated rings. The molecule has 0 radical (unpaired) electrons. The second kappa shape index (κ2) is 5.68. The molecule has 4 N–H and O–H groups in total. The van der Waals surface area contributed by atoms with E-state index >= 15 is 0 Å². The second-order valence-corrected chi connectivity index (χ2v) is 4.69. The lowest BCUT2D eigenvalue weighted by atomic mass is 10.2. The summed E-state index contributed by atoms with van der Waals surface area (Å²) in [6.07, 6.45) is 0. The molecule has 0 aliphatic heterocycles. The van der Waals surface area contributed by atoms with Crippen LogP contribution in [0.25, 0.3) is 0 Å². The van der Waals surface area contributed by atoms with Crippen LogP contribution in [0.15, 0.2) is 58.3 Å². The van der Waals surface area contributed by atoms with Gasteiger partial charge in [0.1, 0.15) is 5.56 Å². The lowest BCUT2D eigenvalue weighted by Crippen LogP contribution is -2.74. The van der Waals surface area contributed by atoms with Crippen molar-refractivity contribution < 1.29 is 20.6 Å². The maximum atomic E-state index is 11.2. The minimum Gasteiger partial charge on any atom is -0.477 e. The number of hydrogen-bond acceptors (Lipinski definition) is 3. The number of carboxylic acids is 1. The van der Waals surface area contributed by atoms with Crippen molar-refractivity contribution in [2.45, 2.75) is 9.79 Å². The average molecular weight is 262 g/mol. The predicted octanol–water partition coefficient (Wildman–Crippen LogP) is 2.12. The Bertz CT molecular complexity index is 557. The molecular formula is C13H12NO3S+. The second-order valence-electron chi connectivity index (χ2n) is 3.57. The molecule has 2 rings (SSSR count). The van der Waals surface area contributed by atoms with E-state index in [0.717, 1.165) is 10.4 Å². The zero-order chi connectivity index (χ0) is 13.0. The van der Waals surface area contributed by atoms with Gasteiger partial charge >= 0.3 is 5.97 Å². The summed E-state index contributed by atoms with van der Waals surface area (Å²) in [5.41, 5.74) is 1.25. The van der Waals surface area contributed by atoms with E-state index in [4.69, 9.17) is 5.21 Å². The molecule has 0 bridgehead atoms. The van der Waals surface area contributed by atoms with Crippen molar-refractivity contribution >= 4 is 23.4 Å². The average Bonchev–Trinajstić information content (AvgIpc) is 2.39. The normalized spacial score (nSPS) is 10.3. The summed E-state index contributed by atoms with van der Waals surface area (Å²) >= 11 is 1.36. The van der Waals surface area contributed by atoms with Crippen LogP contribution in [0.2, 0.25) is 0 Å². The molecule has 0 aliphatic carbocycles. The topological polar surface area (TPSA) is 74.1 Å². The highest BCUT2D eigenvalue weighted by molar-refractivity contribution is 7.99. The molecule has 4 nitrogen and oxygen atoms in total. The molecule has 18 heavy (non-hydrogen) atoms. The van der Waals surface area contributed by atoms with Crippen LogP contribution in [0.1, 0.15) is 10.4 Å². The Morgan fingerprint density at radius 2 is 1.78 bits per heavy atom. The van der Waals surface area contributed by atoms with Crippen LogP contribution in [-0.4, -0.2) is 16.3 Å². The number of hydrogen-bond donors (Lipinski definition) is 3. The zero-order valence-electron chi connectivity index (χ0n) is 9.41. The monoisotopic (exact) mass is 262 g/mol. The molecule has 0 saturated carbocycles. The fourth-order valence-corrected chi connectivity index (χ4v) is 2.59. The smallest absolute Gasteiger partial charge is 0.343 e. The number of carbonyl (C=O) groups is 1. The van der Waals surface area contributed by atoms with Gasteiger partial charge in [-0.3, -0.25) is 0 Å². The van der Waals surface area contributed by atoms with Crippen molar-refractivity contribution in [3.05, 3.63) is 54.1 Å². The molecule has 0 aliphatic rings. The van der Waals surface area contributed by atoms with Crippen LogP contribution in [0.4, 0.5) is 5.69 Å². The molecule has 2 aromatic carbocycles. The van der Waals surface area contributed by atoms with Crippen LogP contribution in [0.3, 0.4) is 0 Å². The Kier molecular flexibility index (Phi) is 3.99. The number of carboxylic acid groups (broad SMARTS) is 1. The van der Waals surface area contributed by atoms with Crippen molar-refractivity contribution in [3.8, 4) is 0 Å². The summed E-state index contributed by atoms with van der Waals surface area (Å²) in [5.74, 6) is -1.05. The van der Waals surface area contributed by atoms with Gasteiger partial charge in [-0.1, -0.05) is 36.0 Å². The molecule has 0 atom stereocenters. The number of benzene rings is 2. The quantitative estimate of drug-likeness (QED) is 0.583. The number of nitrogens with two attached hydrogens (primary N) is 1. The fourth-order valence-electron chi connectivity index (χ4n) is 1.59. The Morgan fingerprint density at radius 3 is 2.39 bits per heavy atom. The van der Waals surface area contributed by atoms with Crippen LogP contribution in [-0.2, 0) is 0 Å². The molecule has 0 spiro atoms. The Morgan fingerprint density at radius 1 is 1.06 bits per heavy atom. The molecule has 2 aromatic rings. The van der Waals surface area contributed by atoms with Gasteiger partial charge in [-0.2, -0.15) is 5.48 Å². The number of rotatable bonds is 4. The van der Waals surface area contributed by atoms with E-state index < -0.39 is 5.97 Å². The summed E-state index contributed by atoms with van der Waals surface area (Å²) in [4.78, 5) is 12.8. The van der Waals surface area contributed by atoms with Crippen molar-refractivity contribution in [3.63, 3.8) is 0 Å². The third-order valence-corrected chi connectivity index (χ3v) is 3.45. The maximum Gasteiger partial charge on any atom is 0.343 e. The van der Waals surface area contributed by atoms with E-state index in [0.29, 0.717) is 10.6 Å². The van der Waals surface area contributed by atoms with Gasteiger partial charge in [0.25, 0.3) is 0 Å². The van der Waals surface area contributed by atoms with Gasteiger partial charge in [-0.25, -0.2) is 10.0 Å². The van der Waals surface area contributed by atoms with Gasteiger partial charge in [0.2, 0.25) is 0 Å². The van der Waals surface area contributed by atoms with E-state index in [1.165, 1.54) is 11.8 Å². The van der Waals surface area contributed by atoms with Crippen molar-refractivity contribution in [1.29, 1.82) is 0 Å². The van der Waals surface area contributed by atoms with Gasteiger partial charge in [0, 0.05) is 15.9 Å². The van der Waals surface area contributed by atoms with E-state index in [2.05, 4.69) is 0 Å². The van der Waals surface area contributed by atoms with E-state index in [1.807, 2.05) is 30.3 Å². The molecule has 0 saturated heterocycles. The summed E-state index contributed by atoms with van der Waals surface area (Å²) in [7, 11) is 0. The lowest BCUT2D eigenvalue weighted by Gasteiger charge is -2.07. The summed E-state index contributed by atoms with van der Waals surface area (Å²) in [6.45, 7) is 0. The first-order valence-electron chi connectivity index (χ1n) is 5.29. The lowest BCUT2D eigenvalue weighted by molar-refractivity contribution is -0.826. The molecule has 0 unspecified atom stereocenters. The van der Waals surface area contributed by atoms with Gasteiger partial charge in [0.15, 0.2) is 5.69 Å². The molecule has 0 heterocycles. The van der Waals surface area contributed by atoms with E-state index in [1.54, 1.807) is 18.2 Å². The van der Waals surface area contributed by atoms with Crippen LogP contribution >= 0.6 is 11.8 Å². The summed E-state index contributed by atoms with van der Waals surface area (Å²) < 4.78 is 0. The largest absolute Gasteiger partial charge is 0.477 e. The van der Waals surface area contributed by atoms with Crippen molar-refractivity contribution in [1.82, 2.24) is 0 Å². The van der Waals surface area contributed by atoms with Gasteiger partial charge in [-0.05, 0) is 18.2 Å². The molecule has 0 amide bonds. The Balaban J connectivity index is 2.42. The first-order valence-corrected chi connectivity index (χ1v) is 6.10. The Labute approximate surface area is 108 Å². The number of aromatic carboxylic acids is 1. The van der Waals surface area contributed by atoms with Gasteiger partial charge in [0.05, 0.1) is 0 Å². The predicted molar refractivity (Wildman–Crippen MR) is 67.3 cm³/mol. The van der Waals surface area contributed by atoms with Crippen LogP contribution < -0.4 is 5.48 Å². The van der Waals surface area contributed by atoms with E-state index in [9.17, 15) is 9.90 Å². The van der Waals surface area contributed by atoms with Crippen LogP contribution in [0, 0.1) is 0 Å². The summed E-state index contributed by atoms with van der Waals surface area (Å²) in [5, 5.41) is 18.3. The fraction of sp³-hybridized carbons (Fsp3) is 0. The molecule has 0 aromatic heterocycles. The standard InChI is InChI=1S/C13H11NO3S/c15-13(16)12-10(14-17)7-4-8-11(12)18-9-5-2-1-3-6-9/h1-8,14,17H,(H,15,16)/p+1. The highest BCUT2D eigenvalue weighted by Crippen LogP contribution is 2.32. The minimum absolute atomic E-state index is 0.119. The third kappa shape index (κ3) is 2.70. The van der Waals surface area contributed by atoms with E-state index in [-0.39, 0.29) is 5.56 Å². The highest BCUT2D eigenvalue weighted by atomic mass is 32.2. The Hall–Kier alpha value is -1.82. The first-order chi connectivity index (χ1) is 8.72. The molecular weight excluding hydrogens is 250 g/mol. The summed E-state index contributed by atoms with van der Waals surface area (Å²) in [6, 6.07) is 14.5. The zero-order valence-corrected chi connectivity index (χ0v) is 10.2. The third-order valence-electron chi connectivity index (χ3n) is 2.38. The van der Waals surface area contributed by atoms with Gasteiger partial charge in [-0.15, -0.1) is 0 Å². The minimum atomic E-state index is -1.05. The first kappa shape index (κ1) is 12.6. The van der Waals surface area contributed by atoms with Crippen LogP contribution in [0.5, 0.6) is 0 Å². The maximum absolute atomic E-state index is 11.2. The SMILES string of the molecule is O=C(O)c1c([NH2+]O)cccc1Sc1ccccc1. The molecule has 5 heteroatoms. The number of quaternary nitrogens is 1. The highest BCUT2D eigenvalue weighted by Gasteiger charge is 2.18. The molecule has 92 valence electrons.